The van der Waals surface area contributed by atoms with Gasteiger partial charge in [-0.1, -0.05) is 51.9 Å². The summed E-state index contributed by atoms with van der Waals surface area (Å²) < 4.78 is 5.32. The lowest BCUT2D eigenvalue weighted by Crippen LogP contribution is -2.46. The van der Waals surface area contributed by atoms with E-state index in [-0.39, 0.29) is 5.97 Å². The van der Waals surface area contributed by atoms with Crippen LogP contribution in [0.3, 0.4) is 0 Å². The van der Waals surface area contributed by atoms with Crippen molar-refractivity contribution in [3.8, 4) is 0 Å². The monoisotopic (exact) mass is 298 g/mol. The van der Waals surface area contributed by atoms with Crippen molar-refractivity contribution in [3.05, 3.63) is 0 Å². The van der Waals surface area contributed by atoms with E-state index in [1.165, 1.54) is 44.9 Å². The standard InChI is InChI=1S/C17H34N2O2/c1-3-4-5-6-7-8-9-10-15-21-17(20)16-19-13-11-18(2)12-14-19/h3-16H2,1-2H3. The van der Waals surface area contributed by atoms with Crippen LogP contribution in [0, 0.1) is 0 Å². The minimum atomic E-state index is -0.0532. The summed E-state index contributed by atoms with van der Waals surface area (Å²) in [4.78, 5) is 16.2. The first-order valence-corrected chi connectivity index (χ1v) is 8.79. The molecule has 1 rings (SSSR count). The molecular weight excluding hydrogens is 264 g/mol. The minimum absolute atomic E-state index is 0.0532. The van der Waals surface area contributed by atoms with Crippen molar-refractivity contribution in [1.82, 2.24) is 9.80 Å². The first kappa shape index (κ1) is 18.4. The van der Waals surface area contributed by atoms with Gasteiger partial charge in [-0.05, 0) is 13.5 Å². The average Bonchev–Trinajstić information content (AvgIpc) is 2.48. The van der Waals surface area contributed by atoms with Gasteiger partial charge in [-0.15, -0.1) is 0 Å². The second kappa shape index (κ2) is 12.0. The zero-order chi connectivity index (χ0) is 15.3. The number of ether oxygens (including phenoxy) is 1. The van der Waals surface area contributed by atoms with E-state index in [0.29, 0.717) is 13.2 Å². The van der Waals surface area contributed by atoms with Crippen molar-refractivity contribution in [2.75, 3.05) is 46.4 Å². The molecule has 0 aromatic carbocycles. The molecular formula is C17H34N2O2. The van der Waals surface area contributed by atoms with Crippen molar-refractivity contribution in [1.29, 1.82) is 0 Å². The van der Waals surface area contributed by atoms with E-state index in [2.05, 4.69) is 23.8 Å². The van der Waals surface area contributed by atoms with Crippen LogP contribution in [0.15, 0.2) is 0 Å². The van der Waals surface area contributed by atoms with Gasteiger partial charge >= 0.3 is 5.97 Å². The number of unbranched alkanes of at least 4 members (excludes halogenated alkanes) is 7. The van der Waals surface area contributed by atoms with Gasteiger partial charge in [0, 0.05) is 26.2 Å². The van der Waals surface area contributed by atoms with E-state index in [0.717, 1.165) is 32.6 Å². The molecule has 0 aromatic heterocycles. The van der Waals surface area contributed by atoms with Crippen LogP contribution in [0.25, 0.3) is 0 Å². The first-order chi connectivity index (χ1) is 10.2. The van der Waals surface area contributed by atoms with Crippen LogP contribution in [-0.2, 0) is 9.53 Å². The number of esters is 1. The maximum absolute atomic E-state index is 11.7. The highest BCUT2D eigenvalue weighted by Gasteiger charge is 2.16. The van der Waals surface area contributed by atoms with Crippen molar-refractivity contribution < 1.29 is 9.53 Å². The van der Waals surface area contributed by atoms with Gasteiger partial charge in [-0.2, -0.15) is 0 Å². The fourth-order valence-electron chi connectivity index (χ4n) is 2.66. The summed E-state index contributed by atoms with van der Waals surface area (Å²) in [6.07, 6.45) is 10.2. The van der Waals surface area contributed by atoms with Crippen LogP contribution in [0.5, 0.6) is 0 Å². The third kappa shape index (κ3) is 9.86. The summed E-state index contributed by atoms with van der Waals surface area (Å²) in [5, 5.41) is 0. The zero-order valence-electron chi connectivity index (χ0n) is 14.1. The van der Waals surface area contributed by atoms with Crippen LogP contribution in [-0.4, -0.2) is 62.1 Å². The summed E-state index contributed by atoms with van der Waals surface area (Å²) in [6.45, 7) is 7.35. The summed E-state index contributed by atoms with van der Waals surface area (Å²) in [5.41, 5.74) is 0. The number of carbonyl (C=O) groups excluding carboxylic acids is 1. The predicted molar refractivity (Wildman–Crippen MR) is 87.5 cm³/mol. The van der Waals surface area contributed by atoms with Gasteiger partial charge in [-0.25, -0.2) is 0 Å². The van der Waals surface area contributed by atoms with Crippen LogP contribution in [0.4, 0.5) is 0 Å². The Morgan fingerprint density at radius 3 is 2.10 bits per heavy atom. The molecule has 0 amide bonds. The molecule has 1 saturated heterocycles. The summed E-state index contributed by atoms with van der Waals surface area (Å²) in [7, 11) is 2.12. The molecule has 21 heavy (non-hydrogen) atoms. The molecule has 124 valence electrons. The molecule has 0 atom stereocenters. The summed E-state index contributed by atoms with van der Waals surface area (Å²) in [6, 6.07) is 0. The quantitative estimate of drug-likeness (QED) is 0.434. The Bertz CT molecular complexity index is 264. The molecule has 0 spiro atoms. The van der Waals surface area contributed by atoms with Crippen LogP contribution < -0.4 is 0 Å². The lowest BCUT2D eigenvalue weighted by atomic mass is 10.1. The van der Waals surface area contributed by atoms with Crippen LogP contribution >= 0.6 is 0 Å². The zero-order valence-corrected chi connectivity index (χ0v) is 14.1. The molecule has 0 saturated carbocycles. The van der Waals surface area contributed by atoms with Gasteiger partial charge in [0.05, 0.1) is 13.2 Å². The number of nitrogens with zero attached hydrogens (tertiary/aromatic N) is 2. The van der Waals surface area contributed by atoms with E-state index in [1.807, 2.05) is 0 Å². The van der Waals surface area contributed by atoms with Crippen LogP contribution in [0.2, 0.25) is 0 Å². The molecule has 0 aromatic rings. The van der Waals surface area contributed by atoms with E-state index in [9.17, 15) is 4.79 Å². The Balaban J connectivity index is 1.87. The molecule has 0 N–H and O–H groups in total. The molecule has 1 aliphatic heterocycles. The van der Waals surface area contributed by atoms with Crippen LogP contribution in [0.1, 0.15) is 58.3 Å². The highest BCUT2D eigenvalue weighted by atomic mass is 16.5. The number of hydrogen-bond donors (Lipinski definition) is 0. The van der Waals surface area contributed by atoms with E-state index in [1.54, 1.807) is 0 Å². The second-order valence-corrected chi connectivity index (χ2v) is 6.27. The molecule has 4 nitrogen and oxygen atoms in total. The summed E-state index contributed by atoms with van der Waals surface area (Å²) >= 11 is 0. The van der Waals surface area contributed by atoms with Crippen molar-refractivity contribution in [3.63, 3.8) is 0 Å². The largest absolute Gasteiger partial charge is 0.465 e. The molecule has 0 radical (unpaired) electrons. The number of likely N-dealkylation sites (N-methyl/N-ethyl adjacent to an activating group) is 1. The number of carbonyl (C=O) groups is 1. The maximum Gasteiger partial charge on any atom is 0.320 e. The van der Waals surface area contributed by atoms with Gasteiger partial charge in [0.25, 0.3) is 0 Å². The molecule has 0 unspecified atom stereocenters. The molecule has 0 aliphatic carbocycles. The van der Waals surface area contributed by atoms with Gasteiger partial charge < -0.3 is 9.64 Å². The Kier molecular flexibility index (Phi) is 10.5. The molecule has 1 aliphatic rings. The average molecular weight is 298 g/mol. The fraction of sp³-hybridized carbons (Fsp3) is 0.941. The third-order valence-corrected chi connectivity index (χ3v) is 4.21. The Morgan fingerprint density at radius 2 is 1.48 bits per heavy atom. The minimum Gasteiger partial charge on any atom is -0.465 e. The number of hydrogen-bond acceptors (Lipinski definition) is 4. The molecule has 1 fully saturated rings. The number of rotatable bonds is 11. The van der Waals surface area contributed by atoms with Crippen molar-refractivity contribution in [2.24, 2.45) is 0 Å². The Labute approximate surface area is 130 Å². The lowest BCUT2D eigenvalue weighted by Gasteiger charge is -2.31. The van der Waals surface area contributed by atoms with Gasteiger partial charge in [0.1, 0.15) is 0 Å². The van der Waals surface area contributed by atoms with Crippen molar-refractivity contribution in [2.45, 2.75) is 58.3 Å². The Hall–Kier alpha value is -0.610. The smallest absolute Gasteiger partial charge is 0.320 e. The first-order valence-electron chi connectivity index (χ1n) is 8.79. The highest BCUT2D eigenvalue weighted by Crippen LogP contribution is 2.08. The molecule has 4 heteroatoms. The Morgan fingerprint density at radius 1 is 0.905 bits per heavy atom. The third-order valence-electron chi connectivity index (χ3n) is 4.21. The number of piperazine rings is 1. The van der Waals surface area contributed by atoms with Gasteiger partial charge in [0.2, 0.25) is 0 Å². The van der Waals surface area contributed by atoms with Gasteiger partial charge in [-0.3, -0.25) is 9.69 Å². The van der Waals surface area contributed by atoms with E-state index >= 15 is 0 Å². The maximum atomic E-state index is 11.7. The molecule has 0 bridgehead atoms. The van der Waals surface area contributed by atoms with Gasteiger partial charge in [0.15, 0.2) is 0 Å². The van der Waals surface area contributed by atoms with E-state index < -0.39 is 0 Å². The fourth-order valence-corrected chi connectivity index (χ4v) is 2.66. The normalized spacial score (nSPS) is 17.0. The topological polar surface area (TPSA) is 32.8 Å². The second-order valence-electron chi connectivity index (χ2n) is 6.27. The SMILES string of the molecule is CCCCCCCCCCOC(=O)CN1CCN(C)CC1. The highest BCUT2D eigenvalue weighted by molar-refractivity contribution is 5.71. The summed E-state index contributed by atoms with van der Waals surface area (Å²) in [5.74, 6) is -0.0532. The van der Waals surface area contributed by atoms with Crippen molar-refractivity contribution >= 4 is 5.97 Å². The lowest BCUT2D eigenvalue weighted by molar-refractivity contribution is -0.145. The predicted octanol–water partition coefficient (Wildman–Crippen LogP) is 2.92. The molecule has 1 heterocycles. The van der Waals surface area contributed by atoms with E-state index in [4.69, 9.17) is 4.74 Å².